The highest BCUT2D eigenvalue weighted by Crippen LogP contribution is 2.11. The van der Waals surface area contributed by atoms with Crippen LogP contribution in [0.5, 0.6) is 0 Å². The quantitative estimate of drug-likeness (QED) is 0.850. The normalized spacial score (nSPS) is 19.5. The van der Waals surface area contributed by atoms with Crippen molar-refractivity contribution >= 4 is 5.97 Å². The van der Waals surface area contributed by atoms with Gasteiger partial charge in [0.15, 0.2) is 0 Å². The van der Waals surface area contributed by atoms with Gasteiger partial charge in [-0.3, -0.25) is 19.3 Å². The fourth-order valence-corrected chi connectivity index (χ4v) is 2.51. The third-order valence-electron chi connectivity index (χ3n) is 3.80. The number of aromatic nitrogens is 2. The minimum atomic E-state index is -0.740. The average molecular weight is 266 g/mol. The molecule has 0 radical (unpaired) electrons. The topological polar surface area (TPSA) is 61.6 Å². The van der Waals surface area contributed by atoms with E-state index >= 15 is 0 Å². The van der Waals surface area contributed by atoms with Crippen LogP contribution in [0.1, 0.15) is 18.3 Å². The first-order valence-corrected chi connectivity index (χ1v) is 6.66. The first-order chi connectivity index (χ1) is 8.97. The van der Waals surface area contributed by atoms with E-state index in [0.29, 0.717) is 0 Å². The van der Waals surface area contributed by atoms with Crippen LogP contribution >= 0.6 is 0 Å². The lowest BCUT2D eigenvalue weighted by Gasteiger charge is -2.36. The molecule has 2 heterocycles. The third kappa shape index (κ3) is 3.33. The average Bonchev–Trinajstić information content (AvgIpc) is 2.68. The van der Waals surface area contributed by atoms with Crippen molar-refractivity contribution in [3.05, 3.63) is 17.5 Å². The Bertz CT molecular complexity index is 449. The molecule has 0 saturated carbocycles. The molecule has 0 amide bonds. The summed E-state index contributed by atoms with van der Waals surface area (Å²) in [4.78, 5) is 15.3. The van der Waals surface area contributed by atoms with Gasteiger partial charge in [0, 0.05) is 39.8 Å². The zero-order chi connectivity index (χ0) is 14.0. The SMILES string of the molecule is Cc1cc(CN2CCN(C(C)C(=O)O)CC2)n(C)n1. The molecule has 1 saturated heterocycles. The predicted octanol–water partition coefficient (Wildman–Crippen LogP) is 0.319. The summed E-state index contributed by atoms with van der Waals surface area (Å²) in [6.07, 6.45) is 0. The highest BCUT2D eigenvalue weighted by atomic mass is 16.4. The summed E-state index contributed by atoms with van der Waals surface area (Å²) in [5.74, 6) is -0.740. The second kappa shape index (κ2) is 5.71. The van der Waals surface area contributed by atoms with E-state index in [2.05, 4.69) is 16.1 Å². The van der Waals surface area contributed by atoms with Gasteiger partial charge >= 0.3 is 5.97 Å². The molecule has 1 aliphatic heterocycles. The lowest BCUT2D eigenvalue weighted by molar-refractivity contribution is -0.143. The van der Waals surface area contributed by atoms with Gasteiger partial charge in [-0.2, -0.15) is 5.10 Å². The van der Waals surface area contributed by atoms with E-state index in [0.717, 1.165) is 38.4 Å². The number of carboxylic acids is 1. The van der Waals surface area contributed by atoms with Crippen LogP contribution in [0.4, 0.5) is 0 Å². The van der Waals surface area contributed by atoms with Crippen molar-refractivity contribution in [3.8, 4) is 0 Å². The molecule has 19 heavy (non-hydrogen) atoms. The van der Waals surface area contributed by atoms with Crippen molar-refractivity contribution in [2.75, 3.05) is 26.2 Å². The zero-order valence-electron chi connectivity index (χ0n) is 11.8. The van der Waals surface area contributed by atoms with Gasteiger partial charge in [-0.25, -0.2) is 0 Å². The minimum Gasteiger partial charge on any atom is -0.480 e. The largest absolute Gasteiger partial charge is 0.480 e. The Hall–Kier alpha value is -1.40. The molecule has 106 valence electrons. The Kier molecular flexibility index (Phi) is 4.21. The monoisotopic (exact) mass is 266 g/mol. The van der Waals surface area contributed by atoms with Crippen LogP contribution in [0.25, 0.3) is 0 Å². The zero-order valence-corrected chi connectivity index (χ0v) is 11.8. The van der Waals surface area contributed by atoms with E-state index in [-0.39, 0.29) is 6.04 Å². The molecule has 1 atom stereocenters. The molecule has 1 N–H and O–H groups in total. The summed E-state index contributed by atoms with van der Waals surface area (Å²) < 4.78 is 1.92. The molecule has 0 spiro atoms. The first kappa shape index (κ1) is 14.0. The van der Waals surface area contributed by atoms with Crippen molar-refractivity contribution in [3.63, 3.8) is 0 Å². The third-order valence-corrected chi connectivity index (χ3v) is 3.80. The number of hydrogen-bond acceptors (Lipinski definition) is 4. The van der Waals surface area contributed by atoms with Crippen LogP contribution in [-0.4, -0.2) is 62.9 Å². The predicted molar refractivity (Wildman–Crippen MR) is 71.9 cm³/mol. The second-order valence-electron chi connectivity index (χ2n) is 5.23. The van der Waals surface area contributed by atoms with Gasteiger partial charge in [0.05, 0.1) is 11.4 Å². The highest BCUT2D eigenvalue weighted by molar-refractivity contribution is 5.72. The van der Waals surface area contributed by atoms with E-state index in [1.165, 1.54) is 5.69 Å². The molecule has 1 fully saturated rings. The smallest absolute Gasteiger partial charge is 0.320 e. The maximum atomic E-state index is 11.0. The van der Waals surface area contributed by atoms with Crippen LogP contribution in [0, 0.1) is 6.92 Å². The summed E-state index contributed by atoms with van der Waals surface area (Å²) in [6.45, 7) is 8.06. The van der Waals surface area contributed by atoms with E-state index in [1.54, 1.807) is 6.92 Å². The van der Waals surface area contributed by atoms with Crippen molar-refractivity contribution in [1.82, 2.24) is 19.6 Å². The number of aryl methyl sites for hydroxylation is 2. The molecule has 2 rings (SSSR count). The number of aliphatic carboxylic acids is 1. The van der Waals surface area contributed by atoms with E-state index in [9.17, 15) is 4.79 Å². The summed E-state index contributed by atoms with van der Waals surface area (Å²) >= 11 is 0. The van der Waals surface area contributed by atoms with Gasteiger partial charge in [0.2, 0.25) is 0 Å². The van der Waals surface area contributed by atoms with Crippen LogP contribution < -0.4 is 0 Å². The summed E-state index contributed by atoms with van der Waals surface area (Å²) in [5, 5.41) is 13.4. The van der Waals surface area contributed by atoms with Gasteiger partial charge in [0.25, 0.3) is 0 Å². The standard InChI is InChI=1S/C13H22N4O2/c1-10-8-12(15(3)14-10)9-16-4-6-17(7-5-16)11(2)13(18)19/h8,11H,4-7,9H2,1-3H3,(H,18,19). The number of piperazine rings is 1. The Balaban J connectivity index is 1.87. The maximum absolute atomic E-state index is 11.0. The number of hydrogen-bond donors (Lipinski definition) is 1. The molecular weight excluding hydrogens is 244 g/mol. The van der Waals surface area contributed by atoms with Gasteiger partial charge in [-0.05, 0) is 19.9 Å². The van der Waals surface area contributed by atoms with Gasteiger partial charge in [-0.15, -0.1) is 0 Å². The molecule has 6 heteroatoms. The fourth-order valence-electron chi connectivity index (χ4n) is 2.51. The minimum absolute atomic E-state index is 0.388. The Labute approximate surface area is 113 Å². The summed E-state index contributed by atoms with van der Waals surface area (Å²) in [6, 6.07) is 1.72. The molecular formula is C13H22N4O2. The lowest BCUT2D eigenvalue weighted by atomic mass is 10.2. The fraction of sp³-hybridized carbons (Fsp3) is 0.692. The maximum Gasteiger partial charge on any atom is 0.320 e. The Morgan fingerprint density at radius 3 is 2.53 bits per heavy atom. The molecule has 0 aliphatic carbocycles. The van der Waals surface area contributed by atoms with Gasteiger partial charge < -0.3 is 5.11 Å². The Morgan fingerprint density at radius 1 is 1.42 bits per heavy atom. The molecule has 1 aromatic rings. The highest BCUT2D eigenvalue weighted by Gasteiger charge is 2.25. The van der Waals surface area contributed by atoms with Crippen molar-refractivity contribution in [1.29, 1.82) is 0 Å². The van der Waals surface area contributed by atoms with Gasteiger partial charge in [0.1, 0.15) is 6.04 Å². The number of nitrogens with zero attached hydrogens (tertiary/aromatic N) is 4. The van der Waals surface area contributed by atoms with Crippen LogP contribution in [0.15, 0.2) is 6.07 Å². The number of carbonyl (C=O) groups is 1. The van der Waals surface area contributed by atoms with Crippen LogP contribution in [-0.2, 0) is 18.4 Å². The van der Waals surface area contributed by atoms with E-state index < -0.39 is 5.97 Å². The van der Waals surface area contributed by atoms with Gasteiger partial charge in [-0.1, -0.05) is 0 Å². The van der Waals surface area contributed by atoms with Crippen molar-refractivity contribution < 1.29 is 9.90 Å². The van der Waals surface area contributed by atoms with Crippen LogP contribution in [0.3, 0.4) is 0 Å². The number of rotatable bonds is 4. The Morgan fingerprint density at radius 2 is 2.05 bits per heavy atom. The first-order valence-electron chi connectivity index (χ1n) is 6.66. The van der Waals surface area contributed by atoms with E-state index in [4.69, 9.17) is 5.11 Å². The second-order valence-corrected chi connectivity index (χ2v) is 5.23. The molecule has 0 bridgehead atoms. The molecule has 1 unspecified atom stereocenters. The van der Waals surface area contributed by atoms with E-state index in [1.807, 2.05) is 23.6 Å². The molecule has 1 aliphatic rings. The molecule has 6 nitrogen and oxygen atoms in total. The van der Waals surface area contributed by atoms with Crippen molar-refractivity contribution in [2.24, 2.45) is 7.05 Å². The molecule has 1 aromatic heterocycles. The van der Waals surface area contributed by atoms with Crippen LogP contribution in [0.2, 0.25) is 0 Å². The summed E-state index contributed by atoms with van der Waals surface area (Å²) in [7, 11) is 1.96. The summed E-state index contributed by atoms with van der Waals surface area (Å²) in [5.41, 5.74) is 2.24. The number of carboxylic acid groups (broad SMARTS) is 1. The lowest BCUT2D eigenvalue weighted by Crippen LogP contribution is -2.51. The van der Waals surface area contributed by atoms with Crippen molar-refractivity contribution in [2.45, 2.75) is 26.4 Å². The molecule has 0 aromatic carbocycles.